The Kier molecular flexibility index (Phi) is 4.56. The molecule has 5 rings (SSSR count). The molecule has 0 heterocycles. The molecule has 1 unspecified atom stereocenters. The monoisotopic (exact) mass is 356 g/mol. The van der Waals surface area contributed by atoms with Gasteiger partial charge in [-0.05, 0) is 106 Å². The molecule has 1 aromatic rings. The molecule has 0 saturated heterocycles. The lowest BCUT2D eigenvalue weighted by molar-refractivity contribution is -0.0709. The minimum atomic E-state index is 0.498. The summed E-state index contributed by atoms with van der Waals surface area (Å²) in [4.78, 5) is 0. The first-order chi connectivity index (χ1) is 12.0. The second-order valence-corrected chi connectivity index (χ2v) is 9.57. The molecule has 0 amide bonds. The molecule has 4 saturated carbocycles. The lowest BCUT2D eigenvalue weighted by Gasteiger charge is -2.59. The van der Waals surface area contributed by atoms with Crippen molar-refractivity contribution in [1.29, 1.82) is 0 Å². The van der Waals surface area contributed by atoms with Crippen LogP contribution in [0, 0.1) is 37.0 Å². The van der Waals surface area contributed by atoms with Crippen molar-refractivity contribution in [3.05, 3.63) is 29.3 Å². The molecule has 4 fully saturated rings. The van der Waals surface area contributed by atoms with E-state index in [1.165, 1.54) is 56.1 Å². The third kappa shape index (κ3) is 3.32. The quantitative estimate of drug-likeness (QED) is 0.688. The van der Waals surface area contributed by atoms with E-state index in [9.17, 15) is 0 Å². The maximum absolute atomic E-state index is 5.70. The van der Waals surface area contributed by atoms with Crippen LogP contribution in [0.2, 0.25) is 0 Å². The zero-order valence-electron chi connectivity index (χ0n) is 15.9. The van der Waals surface area contributed by atoms with E-state index in [1.54, 1.807) is 0 Å². The summed E-state index contributed by atoms with van der Waals surface area (Å²) in [5.74, 6) is 2.97. The average Bonchev–Trinajstić information content (AvgIpc) is 2.54. The summed E-state index contributed by atoms with van der Waals surface area (Å²) in [6, 6.07) is 7.02. The van der Waals surface area contributed by atoms with E-state index in [0.717, 1.165) is 28.6 Å². The van der Waals surface area contributed by atoms with Gasteiger partial charge in [0.05, 0.1) is 0 Å². The fourth-order valence-corrected chi connectivity index (χ4v) is 6.82. The van der Waals surface area contributed by atoms with E-state index in [0.29, 0.717) is 11.5 Å². The van der Waals surface area contributed by atoms with Crippen LogP contribution in [-0.2, 0) is 0 Å². The van der Waals surface area contributed by atoms with Gasteiger partial charge in [-0.3, -0.25) is 0 Å². The highest BCUT2D eigenvalue weighted by atomic mass is 32.1. The molecule has 0 spiro atoms. The highest BCUT2D eigenvalue weighted by molar-refractivity contribution is 7.80. The highest BCUT2D eigenvalue weighted by Crippen LogP contribution is 2.61. The Bertz CT molecular complexity index is 631. The lowest BCUT2D eigenvalue weighted by Crippen LogP contribution is -2.57. The largest absolute Gasteiger partial charge is 0.359 e. The van der Waals surface area contributed by atoms with Crippen LogP contribution < -0.4 is 10.6 Å². The summed E-state index contributed by atoms with van der Waals surface area (Å²) in [6.07, 6.45) is 9.95. The zero-order chi connectivity index (χ0) is 17.6. The van der Waals surface area contributed by atoms with Crippen molar-refractivity contribution >= 4 is 23.0 Å². The van der Waals surface area contributed by atoms with Gasteiger partial charge >= 0.3 is 0 Å². The second kappa shape index (κ2) is 6.57. The molecule has 2 N–H and O–H groups in total. The first-order valence-electron chi connectivity index (χ1n) is 10.1. The third-order valence-electron chi connectivity index (χ3n) is 7.17. The molecule has 0 radical (unpaired) electrons. The smallest absolute Gasteiger partial charge is 0.171 e. The number of hydrogen-bond acceptors (Lipinski definition) is 1. The van der Waals surface area contributed by atoms with Crippen molar-refractivity contribution in [2.45, 2.75) is 71.8 Å². The summed E-state index contributed by atoms with van der Waals surface area (Å²) in [5.41, 5.74) is 4.18. The Morgan fingerprint density at radius 1 is 1.12 bits per heavy atom. The summed E-state index contributed by atoms with van der Waals surface area (Å²) >= 11 is 5.70. The van der Waals surface area contributed by atoms with E-state index in [2.05, 4.69) is 49.6 Å². The molecule has 3 heteroatoms. The maximum atomic E-state index is 5.70. The van der Waals surface area contributed by atoms with Gasteiger partial charge in [0.25, 0.3) is 0 Å². The fourth-order valence-electron chi connectivity index (χ4n) is 6.56. The van der Waals surface area contributed by atoms with Gasteiger partial charge < -0.3 is 10.6 Å². The summed E-state index contributed by atoms with van der Waals surface area (Å²) in [6.45, 7) is 6.61. The minimum Gasteiger partial charge on any atom is -0.359 e. The topological polar surface area (TPSA) is 24.1 Å². The van der Waals surface area contributed by atoms with Crippen LogP contribution in [0.3, 0.4) is 0 Å². The molecule has 0 aromatic heterocycles. The van der Waals surface area contributed by atoms with Gasteiger partial charge in [0.15, 0.2) is 5.11 Å². The van der Waals surface area contributed by atoms with E-state index in [4.69, 9.17) is 12.2 Å². The predicted octanol–water partition coefficient (Wildman–Crippen LogP) is 5.58. The van der Waals surface area contributed by atoms with Crippen LogP contribution >= 0.6 is 12.2 Å². The molecule has 4 bridgehead atoms. The fraction of sp³-hybridized carbons (Fsp3) is 0.682. The average molecular weight is 357 g/mol. The number of benzene rings is 1. The van der Waals surface area contributed by atoms with Gasteiger partial charge in [0, 0.05) is 11.7 Å². The number of rotatable bonds is 4. The standard InChI is InChI=1S/C22H32N2S/c1-4-20(22-11-16-8-17(12-22)10-18(9-16)13-22)24-21(25)23-19-6-5-14(2)7-15(19)3/h5-7,16-18,20H,4,8-13H2,1-3H3,(H2,23,24,25). The molecule has 4 aliphatic carbocycles. The van der Waals surface area contributed by atoms with E-state index < -0.39 is 0 Å². The van der Waals surface area contributed by atoms with E-state index in [-0.39, 0.29) is 0 Å². The molecule has 1 aromatic carbocycles. The van der Waals surface area contributed by atoms with E-state index >= 15 is 0 Å². The van der Waals surface area contributed by atoms with Crippen LogP contribution in [0.25, 0.3) is 0 Å². The van der Waals surface area contributed by atoms with Crippen LogP contribution in [0.1, 0.15) is 63.0 Å². The molecule has 136 valence electrons. The van der Waals surface area contributed by atoms with Gasteiger partial charge in [-0.1, -0.05) is 24.6 Å². The van der Waals surface area contributed by atoms with Crippen molar-refractivity contribution in [2.75, 3.05) is 5.32 Å². The second-order valence-electron chi connectivity index (χ2n) is 9.16. The van der Waals surface area contributed by atoms with Crippen LogP contribution in [0.15, 0.2) is 18.2 Å². The predicted molar refractivity (Wildman–Crippen MR) is 110 cm³/mol. The van der Waals surface area contributed by atoms with E-state index in [1.807, 2.05) is 0 Å². The third-order valence-corrected chi connectivity index (χ3v) is 7.39. The van der Waals surface area contributed by atoms with Gasteiger partial charge in [0.2, 0.25) is 0 Å². The number of aryl methyl sites for hydroxylation is 2. The molecule has 4 aliphatic rings. The van der Waals surface area contributed by atoms with Gasteiger partial charge in [0.1, 0.15) is 0 Å². The van der Waals surface area contributed by atoms with Crippen LogP contribution in [-0.4, -0.2) is 11.2 Å². The number of nitrogens with one attached hydrogen (secondary N) is 2. The lowest BCUT2D eigenvalue weighted by atomic mass is 9.47. The Hall–Kier alpha value is -1.09. The minimum absolute atomic E-state index is 0.498. The van der Waals surface area contributed by atoms with Gasteiger partial charge in [-0.15, -0.1) is 0 Å². The number of anilines is 1. The molecule has 2 nitrogen and oxygen atoms in total. The van der Waals surface area contributed by atoms with Crippen LogP contribution in [0.4, 0.5) is 5.69 Å². The Labute approximate surface area is 158 Å². The molecular weight excluding hydrogens is 324 g/mol. The highest BCUT2D eigenvalue weighted by Gasteiger charge is 2.53. The number of hydrogen-bond donors (Lipinski definition) is 2. The van der Waals surface area contributed by atoms with Gasteiger partial charge in [-0.25, -0.2) is 0 Å². The maximum Gasteiger partial charge on any atom is 0.171 e. The van der Waals surface area contributed by atoms with Crippen molar-refractivity contribution in [3.8, 4) is 0 Å². The van der Waals surface area contributed by atoms with Crippen molar-refractivity contribution in [2.24, 2.45) is 23.2 Å². The zero-order valence-corrected chi connectivity index (χ0v) is 16.7. The first kappa shape index (κ1) is 17.3. The van der Waals surface area contributed by atoms with Gasteiger partial charge in [-0.2, -0.15) is 0 Å². The molecular formula is C22H32N2S. The Morgan fingerprint density at radius 3 is 2.24 bits per heavy atom. The Balaban J connectivity index is 1.46. The van der Waals surface area contributed by atoms with Crippen LogP contribution in [0.5, 0.6) is 0 Å². The van der Waals surface area contributed by atoms with Crippen molar-refractivity contribution in [1.82, 2.24) is 5.32 Å². The number of thiocarbonyl (C=S) groups is 1. The molecule has 1 atom stereocenters. The molecule has 25 heavy (non-hydrogen) atoms. The summed E-state index contributed by atoms with van der Waals surface area (Å²) < 4.78 is 0. The molecule has 0 aliphatic heterocycles. The summed E-state index contributed by atoms with van der Waals surface area (Å²) in [7, 11) is 0. The normalized spacial score (nSPS) is 34.0. The summed E-state index contributed by atoms with van der Waals surface area (Å²) in [5, 5.41) is 7.99. The first-order valence-corrected chi connectivity index (χ1v) is 10.5. The van der Waals surface area contributed by atoms with Crippen molar-refractivity contribution < 1.29 is 0 Å². The SMILES string of the molecule is CCC(NC(=S)Nc1ccc(C)cc1C)C12CC3CC(CC(C3)C1)C2. The van der Waals surface area contributed by atoms with Crippen molar-refractivity contribution in [3.63, 3.8) is 0 Å². The Morgan fingerprint density at radius 2 is 1.72 bits per heavy atom.